The van der Waals surface area contributed by atoms with Crippen molar-refractivity contribution in [3.8, 4) is 0 Å². The normalized spacial score (nSPS) is 15.3. The first kappa shape index (κ1) is 15.5. The summed E-state index contributed by atoms with van der Waals surface area (Å²) < 4.78 is 0. The van der Waals surface area contributed by atoms with Gasteiger partial charge in [-0.25, -0.2) is 0 Å². The number of rotatable bonds is 8. The second-order valence-corrected chi connectivity index (χ2v) is 5.53. The number of benzene rings is 1. The van der Waals surface area contributed by atoms with Crippen LogP contribution in [0.5, 0.6) is 0 Å². The highest BCUT2D eigenvalue weighted by Crippen LogP contribution is 2.18. The minimum absolute atomic E-state index is 0.0698. The molecule has 1 aliphatic carbocycles. The molecule has 21 heavy (non-hydrogen) atoms. The second kappa shape index (κ2) is 7.78. The van der Waals surface area contributed by atoms with Gasteiger partial charge >= 0.3 is 0 Å². The largest absolute Gasteiger partial charge is 0.355 e. The molecule has 1 aromatic rings. The predicted octanol–water partition coefficient (Wildman–Crippen LogP) is 0.731. The summed E-state index contributed by atoms with van der Waals surface area (Å²) >= 11 is 0. The highest BCUT2D eigenvalue weighted by atomic mass is 16.2. The van der Waals surface area contributed by atoms with Gasteiger partial charge in [-0.3, -0.25) is 9.59 Å². The van der Waals surface area contributed by atoms with Crippen molar-refractivity contribution in [3.63, 3.8) is 0 Å². The molecule has 5 nitrogen and oxygen atoms in total. The molecule has 0 aromatic heterocycles. The van der Waals surface area contributed by atoms with Crippen molar-refractivity contribution >= 4 is 11.8 Å². The summed E-state index contributed by atoms with van der Waals surface area (Å²) in [4.78, 5) is 23.3. The lowest BCUT2D eigenvalue weighted by Crippen LogP contribution is -2.42. The molecule has 1 fully saturated rings. The van der Waals surface area contributed by atoms with E-state index < -0.39 is 6.04 Å². The zero-order valence-electron chi connectivity index (χ0n) is 12.2. The second-order valence-electron chi connectivity index (χ2n) is 5.53. The van der Waals surface area contributed by atoms with Crippen LogP contribution in [0.15, 0.2) is 30.3 Å². The van der Waals surface area contributed by atoms with Crippen LogP contribution in [0.2, 0.25) is 0 Å². The zero-order chi connectivity index (χ0) is 15.1. The minimum atomic E-state index is -0.548. The average Bonchev–Trinajstić information content (AvgIpc) is 3.28. The summed E-state index contributed by atoms with van der Waals surface area (Å²) in [5, 5.41) is 5.70. The molecule has 0 aliphatic heterocycles. The standard InChI is InChI=1S/C16H23N3O2/c17-14(11-12-5-2-1-3-6-12)16(21)18-10-4-7-15(20)19-13-8-9-13/h1-3,5-6,13-14H,4,7-11,17H2,(H,18,21)(H,19,20)/t14-/m0/s1. The van der Waals surface area contributed by atoms with Crippen LogP contribution in [0.25, 0.3) is 0 Å². The van der Waals surface area contributed by atoms with Crippen LogP contribution in [-0.2, 0) is 16.0 Å². The van der Waals surface area contributed by atoms with E-state index in [1.54, 1.807) is 0 Å². The van der Waals surface area contributed by atoms with E-state index in [0.717, 1.165) is 18.4 Å². The van der Waals surface area contributed by atoms with Crippen LogP contribution in [0.4, 0.5) is 0 Å². The molecule has 5 heteroatoms. The van der Waals surface area contributed by atoms with Gasteiger partial charge < -0.3 is 16.4 Å². The Kier molecular flexibility index (Phi) is 5.75. The monoisotopic (exact) mass is 289 g/mol. The molecule has 4 N–H and O–H groups in total. The Morgan fingerprint density at radius 3 is 2.62 bits per heavy atom. The van der Waals surface area contributed by atoms with E-state index in [-0.39, 0.29) is 11.8 Å². The fourth-order valence-corrected chi connectivity index (χ4v) is 2.08. The first-order valence-corrected chi connectivity index (χ1v) is 7.52. The van der Waals surface area contributed by atoms with Crippen molar-refractivity contribution in [2.45, 2.75) is 44.2 Å². The van der Waals surface area contributed by atoms with Gasteiger partial charge in [0, 0.05) is 19.0 Å². The first-order chi connectivity index (χ1) is 10.1. The van der Waals surface area contributed by atoms with Gasteiger partial charge in [0.05, 0.1) is 6.04 Å². The van der Waals surface area contributed by atoms with Crippen LogP contribution in [0.1, 0.15) is 31.2 Å². The SMILES string of the molecule is N[C@@H](Cc1ccccc1)C(=O)NCCCC(=O)NC1CC1. The van der Waals surface area contributed by atoms with E-state index in [9.17, 15) is 9.59 Å². The van der Waals surface area contributed by atoms with Crippen molar-refractivity contribution < 1.29 is 9.59 Å². The Hall–Kier alpha value is -1.88. The van der Waals surface area contributed by atoms with Gasteiger partial charge in [-0.2, -0.15) is 0 Å². The van der Waals surface area contributed by atoms with Crippen LogP contribution in [0, 0.1) is 0 Å². The molecule has 2 amide bonds. The maximum absolute atomic E-state index is 11.8. The third kappa shape index (κ3) is 5.95. The van der Waals surface area contributed by atoms with Crippen LogP contribution >= 0.6 is 0 Å². The van der Waals surface area contributed by atoms with Gasteiger partial charge in [-0.1, -0.05) is 30.3 Å². The summed E-state index contributed by atoms with van der Waals surface area (Å²) in [6.45, 7) is 0.486. The molecular weight excluding hydrogens is 266 g/mol. The lowest BCUT2D eigenvalue weighted by molar-refractivity contribution is -0.123. The number of amides is 2. The Bertz CT molecular complexity index is 472. The van der Waals surface area contributed by atoms with Crippen molar-refractivity contribution in [1.29, 1.82) is 0 Å². The molecular formula is C16H23N3O2. The van der Waals surface area contributed by atoms with Crippen LogP contribution in [0.3, 0.4) is 0 Å². The minimum Gasteiger partial charge on any atom is -0.355 e. The zero-order valence-corrected chi connectivity index (χ0v) is 12.2. The number of nitrogens with one attached hydrogen (secondary N) is 2. The molecule has 1 aromatic carbocycles. The fraction of sp³-hybridized carbons (Fsp3) is 0.500. The van der Waals surface area contributed by atoms with Gasteiger partial charge in [-0.15, -0.1) is 0 Å². The number of nitrogens with two attached hydrogens (primary N) is 1. The summed E-state index contributed by atoms with van der Waals surface area (Å²) in [5.74, 6) is -0.0956. The highest BCUT2D eigenvalue weighted by molar-refractivity contribution is 5.82. The molecule has 1 atom stereocenters. The molecule has 114 valence electrons. The third-order valence-electron chi connectivity index (χ3n) is 3.46. The topological polar surface area (TPSA) is 84.2 Å². The first-order valence-electron chi connectivity index (χ1n) is 7.52. The highest BCUT2D eigenvalue weighted by Gasteiger charge is 2.22. The summed E-state index contributed by atoms with van der Waals surface area (Å²) in [7, 11) is 0. The molecule has 0 unspecified atom stereocenters. The van der Waals surface area contributed by atoms with E-state index in [1.165, 1.54) is 0 Å². The number of hydrogen-bond acceptors (Lipinski definition) is 3. The van der Waals surface area contributed by atoms with Crippen molar-refractivity contribution in [2.24, 2.45) is 5.73 Å². The van der Waals surface area contributed by atoms with E-state index in [0.29, 0.717) is 31.8 Å². The Labute approximate surface area is 125 Å². The maximum Gasteiger partial charge on any atom is 0.237 e. The van der Waals surface area contributed by atoms with Crippen LogP contribution < -0.4 is 16.4 Å². The molecule has 0 radical (unpaired) electrons. The van der Waals surface area contributed by atoms with Gasteiger partial charge in [0.25, 0.3) is 0 Å². The van der Waals surface area contributed by atoms with E-state index in [1.807, 2.05) is 30.3 Å². The van der Waals surface area contributed by atoms with Gasteiger partial charge in [0.15, 0.2) is 0 Å². The fourth-order valence-electron chi connectivity index (χ4n) is 2.08. The Morgan fingerprint density at radius 2 is 1.95 bits per heavy atom. The number of carbonyl (C=O) groups excluding carboxylic acids is 2. The van der Waals surface area contributed by atoms with E-state index in [4.69, 9.17) is 5.73 Å². The molecule has 2 rings (SSSR count). The van der Waals surface area contributed by atoms with Crippen molar-refractivity contribution in [2.75, 3.05) is 6.54 Å². The molecule has 0 heterocycles. The Balaban J connectivity index is 1.58. The Morgan fingerprint density at radius 1 is 1.24 bits per heavy atom. The quantitative estimate of drug-likeness (QED) is 0.617. The van der Waals surface area contributed by atoms with Crippen LogP contribution in [-0.4, -0.2) is 30.4 Å². The van der Waals surface area contributed by atoms with E-state index >= 15 is 0 Å². The summed E-state index contributed by atoms with van der Waals surface area (Å²) in [6.07, 6.45) is 3.80. The molecule has 0 spiro atoms. The molecule has 1 aliphatic rings. The lowest BCUT2D eigenvalue weighted by atomic mass is 10.1. The van der Waals surface area contributed by atoms with Gasteiger partial charge in [-0.05, 0) is 31.2 Å². The molecule has 0 bridgehead atoms. The van der Waals surface area contributed by atoms with Gasteiger partial charge in [0.1, 0.15) is 0 Å². The number of hydrogen-bond donors (Lipinski definition) is 3. The predicted molar refractivity (Wildman–Crippen MR) is 81.5 cm³/mol. The van der Waals surface area contributed by atoms with Crippen molar-refractivity contribution in [1.82, 2.24) is 10.6 Å². The summed E-state index contributed by atoms with van der Waals surface area (Å²) in [6, 6.07) is 9.54. The summed E-state index contributed by atoms with van der Waals surface area (Å²) in [5.41, 5.74) is 6.92. The average molecular weight is 289 g/mol. The van der Waals surface area contributed by atoms with E-state index in [2.05, 4.69) is 10.6 Å². The number of carbonyl (C=O) groups is 2. The van der Waals surface area contributed by atoms with Gasteiger partial charge in [0.2, 0.25) is 11.8 Å². The van der Waals surface area contributed by atoms with Crippen molar-refractivity contribution in [3.05, 3.63) is 35.9 Å². The lowest BCUT2D eigenvalue weighted by Gasteiger charge is -2.12. The third-order valence-corrected chi connectivity index (χ3v) is 3.46. The molecule has 0 saturated heterocycles. The molecule has 1 saturated carbocycles. The maximum atomic E-state index is 11.8. The smallest absolute Gasteiger partial charge is 0.237 e.